The molecule has 0 bridgehead atoms. The Morgan fingerprint density at radius 3 is 2.71 bits per heavy atom. The Bertz CT molecular complexity index is 1580. The number of nitrogens with one attached hydrogen (secondary N) is 2. The lowest BCUT2D eigenvalue weighted by molar-refractivity contribution is -0.113. The molecule has 0 aliphatic carbocycles. The maximum atomic E-state index is 15.0. The minimum absolute atomic E-state index is 0.00781. The van der Waals surface area contributed by atoms with Gasteiger partial charge in [0.05, 0.1) is 29.9 Å². The maximum absolute atomic E-state index is 15.0. The third-order valence-electron chi connectivity index (χ3n) is 6.16. The van der Waals surface area contributed by atoms with E-state index in [1.54, 1.807) is 0 Å². The van der Waals surface area contributed by atoms with Gasteiger partial charge in [0.1, 0.15) is 34.5 Å². The van der Waals surface area contributed by atoms with E-state index in [1.807, 2.05) is 0 Å². The molecule has 4 heterocycles. The Morgan fingerprint density at radius 1 is 1.29 bits per heavy atom. The Balaban J connectivity index is 1.63. The van der Waals surface area contributed by atoms with Gasteiger partial charge in [-0.15, -0.1) is 0 Å². The van der Waals surface area contributed by atoms with Gasteiger partial charge in [0.15, 0.2) is 15.5 Å². The van der Waals surface area contributed by atoms with Gasteiger partial charge in [-0.2, -0.15) is 5.10 Å². The quantitative estimate of drug-likeness (QED) is 0.464. The highest BCUT2D eigenvalue weighted by Crippen LogP contribution is 2.44. The average molecular weight is 553 g/mol. The first-order valence-corrected chi connectivity index (χ1v) is 13.2. The zero-order valence-corrected chi connectivity index (χ0v) is 20.4. The van der Waals surface area contributed by atoms with Crippen molar-refractivity contribution >= 4 is 27.3 Å². The molecule has 10 nitrogen and oxygen atoms in total. The summed E-state index contributed by atoms with van der Waals surface area (Å²) < 4.78 is 84.7. The molecule has 2 aromatic heterocycles. The number of benzene rings is 1. The van der Waals surface area contributed by atoms with Gasteiger partial charge < -0.3 is 15.4 Å². The third-order valence-corrected chi connectivity index (χ3v) is 6.95. The van der Waals surface area contributed by atoms with Crippen LogP contribution in [-0.2, 0) is 26.7 Å². The zero-order chi connectivity index (χ0) is 27.4. The lowest BCUT2D eigenvalue weighted by atomic mass is 9.82. The lowest BCUT2D eigenvalue weighted by Crippen LogP contribution is -2.56. The number of alkyl halides is 2. The van der Waals surface area contributed by atoms with E-state index >= 15 is 0 Å². The van der Waals surface area contributed by atoms with Gasteiger partial charge in [-0.05, 0) is 12.1 Å². The van der Waals surface area contributed by atoms with E-state index in [0.717, 1.165) is 24.6 Å². The molecule has 1 aromatic carbocycles. The second kappa shape index (κ2) is 9.08. The van der Waals surface area contributed by atoms with Crippen molar-refractivity contribution in [2.45, 2.75) is 24.9 Å². The molecule has 200 valence electrons. The predicted molar refractivity (Wildman–Crippen MR) is 124 cm³/mol. The largest absolute Gasteiger partial charge is 0.493 e. The van der Waals surface area contributed by atoms with E-state index in [9.17, 15) is 35.6 Å². The second-order valence-electron chi connectivity index (χ2n) is 9.02. The van der Waals surface area contributed by atoms with Crippen LogP contribution in [-0.4, -0.2) is 53.6 Å². The van der Waals surface area contributed by atoms with Gasteiger partial charge >= 0.3 is 0 Å². The number of hydrogen-bond donors (Lipinski definition) is 2. The van der Waals surface area contributed by atoms with Crippen LogP contribution in [0.3, 0.4) is 0 Å². The molecule has 3 aromatic rings. The number of ether oxygens (including phenoxy) is 1. The predicted octanol–water partition coefficient (Wildman–Crippen LogP) is 2.57. The number of anilines is 1. The summed E-state index contributed by atoms with van der Waals surface area (Å²) in [7, 11) is -3.74. The Morgan fingerprint density at radius 2 is 2.05 bits per heavy atom. The molecule has 38 heavy (non-hydrogen) atoms. The number of pyridine rings is 1. The molecule has 2 aliphatic rings. The van der Waals surface area contributed by atoms with Crippen LogP contribution in [0.15, 0.2) is 30.5 Å². The summed E-state index contributed by atoms with van der Waals surface area (Å²) in [5.74, 6) is -4.57. The van der Waals surface area contributed by atoms with Crippen LogP contribution in [0.5, 0.6) is 5.75 Å². The molecule has 0 saturated heterocycles. The third kappa shape index (κ3) is 4.57. The highest BCUT2D eigenvalue weighted by Gasteiger charge is 2.47. The highest BCUT2D eigenvalue weighted by atomic mass is 32.2. The van der Waals surface area contributed by atoms with E-state index in [0.29, 0.717) is 6.07 Å². The van der Waals surface area contributed by atoms with E-state index in [4.69, 9.17) is 4.74 Å². The summed E-state index contributed by atoms with van der Waals surface area (Å²) in [5, 5.41) is 9.47. The molecular weight excluding hydrogens is 534 g/mol. The topological polar surface area (TPSA) is 132 Å². The molecular formula is C23H19F4N5O5S. The monoisotopic (exact) mass is 553 g/mol. The van der Waals surface area contributed by atoms with Crippen LogP contribution in [0.2, 0.25) is 0 Å². The number of aromatic nitrogens is 3. The SMILES string of the molecule is CS(=O)(=O)CC(=O)Nc1c(-c2ccc(C(F)F)cn2)nn2c1C(=O)N[C@]1(CCOc3cc(F)cc(F)c31)C2. The smallest absolute Gasteiger partial charge is 0.272 e. The normalized spacial score (nSPS) is 18.5. The molecule has 2 amide bonds. The van der Waals surface area contributed by atoms with Gasteiger partial charge in [-0.1, -0.05) is 0 Å². The summed E-state index contributed by atoms with van der Waals surface area (Å²) in [6.45, 7) is -0.148. The summed E-state index contributed by atoms with van der Waals surface area (Å²) in [6, 6.07) is 3.97. The second-order valence-corrected chi connectivity index (χ2v) is 11.2. The van der Waals surface area contributed by atoms with Crippen molar-refractivity contribution < 1.29 is 40.3 Å². The van der Waals surface area contributed by atoms with Crippen LogP contribution in [0, 0.1) is 11.6 Å². The van der Waals surface area contributed by atoms with Crippen molar-refractivity contribution in [1.82, 2.24) is 20.1 Å². The number of halogens is 4. The van der Waals surface area contributed by atoms with Gasteiger partial charge in [0.25, 0.3) is 12.3 Å². The molecule has 0 fully saturated rings. The van der Waals surface area contributed by atoms with Crippen molar-refractivity contribution in [2.75, 3.05) is 23.9 Å². The number of nitrogens with zero attached hydrogens (tertiary/aromatic N) is 3. The number of fused-ring (bicyclic) bond motifs is 3. The van der Waals surface area contributed by atoms with E-state index in [-0.39, 0.29) is 59.2 Å². The molecule has 5 rings (SSSR count). The first-order chi connectivity index (χ1) is 17.9. The van der Waals surface area contributed by atoms with Crippen molar-refractivity contribution in [2.24, 2.45) is 0 Å². The molecule has 0 radical (unpaired) electrons. The van der Waals surface area contributed by atoms with E-state index in [1.165, 1.54) is 10.7 Å². The standard InChI is InChI=1S/C23H19F4N5O5S/c1-38(35,36)9-16(33)29-19-18(14-3-2-11(8-28-14)21(26)27)31-32-10-23(30-22(34)20(19)32)4-5-37-15-7-12(24)6-13(25)17(15)23/h2-3,6-8,21H,4-5,9-10H2,1H3,(H,29,33)(H,30,34)/t23-/m1/s1. The zero-order valence-electron chi connectivity index (χ0n) is 19.6. The minimum atomic E-state index is -3.74. The molecule has 0 unspecified atom stereocenters. The fourth-order valence-electron chi connectivity index (χ4n) is 4.64. The number of carbonyl (C=O) groups excluding carboxylic acids is 2. The lowest BCUT2D eigenvalue weighted by Gasteiger charge is -2.42. The fraction of sp³-hybridized carbons (Fsp3) is 0.304. The van der Waals surface area contributed by atoms with Crippen LogP contribution < -0.4 is 15.4 Å². The van der Waals surface area contributed by atoms with Gasteiger partial charge in [0, 0.05) is 36.6 Å². The Labute approximate surface area is 212 Å². The summed E-state index contributed by atoms with van der Waals surface area (Å²) in [6.07, 6.45) is -0.942. The molecule has 2 aliphatic heterocycles. The number of rotatable bonds is 5. The molecule has 1 spiro atoms. The first-order valence-electron chi connectivity index (χ1n) is 11.1. The van der Waals surface area contributed by atoms with Crippen LogP contribution in [0.1, 0.15) is 34.5 Å². The summed E-state index contributed by atoms with van der Waals surface area (Å²) in [5.41, 5.74) is -2.32. The van der Waals surface area contributed by atoms with Gasteiger partial charge in [-0.25, -0.2) is 26.0 Å². The van der Waals surface area contributed by atoms with Crippen molar-refractivity contribution in [3.05, 3.63) is 58.9 Å². The van der Waals surface area contributed by atoms with Crippen LogP contribution in [0.25, 0.3) is 11.4 Å². The Hall–Kier alpha value is -4.01. The number of amides is 2. The van der Waals surface area contributed by atoms with Gasteiger partial charge in [-0.3, -0.25) is 19.3 Å². The van der Waals surface area contributed by atoms with Crippen LogP contribution in [0.4, 0.5) is 23.2 Å². The molecule has 1 atom stereocenters. The van der Waals surface area contributed by atoms with Crippen molar-refractivity contribution in [3.8, 4) is 17.1 Å². The average Bonchev–Trinajstić information content (AvgIpc) is 3.15. The first kappa shape index (κ1) is 25.6. The van der Waals surface area contributed by atoms with Crippen LogP contribution >= 0.6 is 0 Å². The van der Waals surface area contributed by atoms with Crippen molar-refractivity contribution in [3.63, 3.8) is 0 Å². The highest BCUT2D eigenvalue weighted by molar-refractivity contribution is 7.91. The maximum Gasteiger partial charge on any atom is 0.272 e. The van der Waals surface area contributed by atoms with Crippen molar-refractivity contribution in [1.29, 1.82) is 0 Å². The fourth-order valence-corrected chi connectivity index (χ4v) is 5.18. The van der Waals surface area contributed by atoms with E-state index in [2.05, 4.69) is 20.7 Å². The number of carbonyl (C=O) groups is 2. The van der Waals surface area contributed by atoms with Gasteiger partial charge in [0.2, 0.25) is 5.91 Å². The summed E-state index contributed by atoms with van der Waals surface area (Å²) in [4.78, 5) is 29.9. The number of hydrogen-bond acceptors (Lipinski definition) is 7. The molecule has 2 N–H and O–H groups in total. The minimum Gasteiger partial charge on any atom is -0.493 e. The Kier molecular flexibility index (Phi) is 6.12. The summed E-state index contributed by atoms with van der Waals surface area (Å²) >= 11 is 0. The number of sulfone groups is 1. The molecule has 0 saturated carbocycles. The molecule has 15 heteroatoms. The van der Waals surface area contributed by atoms with E-state index < -0.39 is 51.0 Å².